The highest BCUT2D eigenvalue weighted by Crippen LogP contribution is 2.25. The Balaban J connectivity index is 2.07. The minimum Gasteiger partial charge on any atom is -0.395 e. The number of H-pyrrole nitrogens is 1. The van der Waals surface area contributed by atoms with E-state index in [0.717, 1.165) is 28.6 Å². The van der Waals surface area contributed by atoms with E-state index < -0.39 is 6.10 Å². The fourth-order valence-corrected chi connectivity index (χ4v) is 2.26. The Morgan fingerprint density at radius 3 is 2.89 bits per heavy atom. The summed E-state index contributed by atoms with van der Waals surface area (Å²) in [6.07, 6.45) is 1.93. The molecule has 3 N–H and O–H groups in total. The largest absolute Gasteiger partial charge is 0.395 e. The first-order valence-electron chi connectivity index (χ1n) is 6.53. The number of aromatic amines is 1. The van der Waals surface area contributed by atoms with Crippen LogP contribution in [0.1, 0.15) is 23.7 Å². The zero-order valence-electron chi connectivity index (χ0n) is 11.4. The number of aromatic nitrogens is 2. The molecule has 0 amide bonds. The number of nitrogens with one attached hydrogen (secondary N) is 1. The lowest BCUT2D eigenvalue weighted by molar-refractivity contribution is 0.141. The van der Waals surface area contributed by atoms with Crippen molar-refractivity contribution in [2.45, 2.75) is 19.4 Å². The van der Waals surface area contributed by atoms with Gasteiger partial charge in [-0.1, -0.05) is 0 Å². The van der Waals surface area contributed by atoms with Crippen LogP contribution in [0.5, 0.6) is 0 Å². The lowest BCUT2D eigenvalue weighted by Gasteiger charge is -2.19. The molecule has 0 aliphatic carbocycles. The lowest BCUT2D eigenvalue weighted by Crippen LogP contribution is -2.24. The van der Waals surface area contributed by atoms with Crippen molar-refractivity contribution in [2.24, 2.45) is 0 Å². The van der Waals surface area contributed by atoms with Gasteiger partial charge >= 0.3 is 0 Å². The molecule has 5 nitrogen and oxygen atoms in total. The number of aliphatic hydroxyl groups is 2. The molecule has 0 fully saturated rings. The molecule has 0 spiro atoms. The summed E-state index contributed by atoms with van der Waals surface area (Å²) >= 11 is 0. The first-order chi connectivity index (χ1) is 9.11. The molecule has 19 heavy (non-hydrogen) atoms. The number of rotatable bonds is 6. The summed E-state index contributed by atoms with van der Waals surface area (Å²) in [5, 5.41) is 27.1. The third-order valence-electron chi connectivity index (χ3n) is 3.45. The van der Waals surface area contributed by atoms with E-state index in [1.165, 1.54) is 0 Å². The number of aliphatic hydroxyl groups excluding tert-OH is 2. The van der Waals surface area contributed by atoms with E-state index in [4.69, 9.17) is 5.11 Å². The van der Waals surface area contributed by atoms with Crippen LogP contribution in [-0.2, 0) is 0 Å². The number of hydrogen-bond donors (Lipinski definition) is 3. The van der Waals surface area contributed by atoms with Gasteiger partial charge in [0.1, 0.15) is 0 Å². The summed E-state index contributed by atoms with van der Waals surface area (Å²) in [6.45, 7) is 3.53. The summed E-state index contributed by atoms with van der Waals surface area (Å²) < 4.78 is 0. The predicted octanol–water partition coefficient (Wildman–Crippen LogP) is 1.22. The van der Waals surface area contributed by atoms with Gasteiger partial charge in [0.15, 0.2) is 0 Å². The van der Waals surface area contributed by atoms with Crippen molar-refractivity contribution < 1.29 is 10.2 Å². The van der Waals surface area contributed by atoms with Crippen LogP contribution in [0.2, 0.25) is 0 Å². The molecule has 0 radical (unpaired) electrons. The van der Waals surface area contributed by atoms with Gasteiger partial charge in [0.2, 0.25) is 0 Å². The molecule has 1 aromatic heterocycles. The highest BCUT2D eigenvalue weighted by atomic mass is 16.3. The maximum absolute atomic E-state index is 10.3. The topological polar surface area (TPSA) is 72.4 Å². The Hall–Kier alpha value is -1.43. The average Bonchev–Trinajstić information content (AvgIpc) is 2.82. The molecule has 0 saturated heterocycles. The number of benzene rings is 1. The second-order valence-electron chi connectivity index (χ2n) is 5.00. The number of fused-ring (bicyclic) bond motifs is 1. The molecule has 0 aliphatic rings. The van der Waals surface area contributed by atoms with E-state index in [2.05, 4.69) is 10.2 Å². The predicted molar refractivity (Wildman–Crippen MR) is 75.0 cm³/mol. The van der Waals surface area contributed by atoms with Crippen molar-refractivity contribution in [3.63, 3.8) is 0 Å². The number of likely N-dealkylation sites (N-methyl/N-ethyl adjacent to an activating group) is 1. The van der Waals surface area contributed by atoms with E-state index in [1.54, 1.807) is 6.20 Å². The van der Waals surface area contributed by atoms with Crippen molar-refractivity contribution in [3.05, 3.63) is 29.5 Å². The van der Waals surface area contributed by atoms with Gasteiger partial charge in [0, 0.05) is 18.5 Å². The van der Waals surface area contributed by atoms with E-state index in [9.17, 15) is 5.11 Å². The van der Waals surface area contributed by atoms with Crippen molar-refractivity contribution in [1.82, 2.24) is 15.1 Å². The highest BCUT2D eigenvalue weighted by Gasteiger charge is 2.13. The van der Waals surface area contributed by atoms with Gasteiger partial charge in [0.25, 0.3) is 0 Å². The summed E-state index contributed by atoms with van der Waals surface area (Å²) in [7, 11) is 1.94. The first kappa shape index (κ1) is 14.0. The molecule has 104 valence electrons. The van der Waals surface area contributed by atoms with E-state index in [1.807, 2.05) is 31.0 Å². The van der Waals surface area contributed by atoms with Crippen LogP contribution in [0.15, 0.2) is 18.3 Å². The summed E-state index contributed by atoms with van der Waals surface area (Å²) in [4.78, 5) is 2.01. The smallest absolute Gasteiger partial charge is 0.0805 e. The Morgan fingerprint density at radius 1 is 1.37 bits per heavy atom. The normalized spacial score (nSPS) is 13.3. The van der Waals surface area contributed by atoms with Gasteiger partial charge in [-0.3, -0.25) is 5.10 Å². The molecule has 1 atom stereocenters. The van der Waals surface area contributed by atoms with Gasteiger partial charge < -0.3 is 15.1 Å². The van der Waals surface area contributed by atoms with E-state index in [-0.39, 0.29) is 6.61 Å². The minimum atomic E-state index is -0.486. The number of nitrogens with zero attached hydrogens (tertiary/aromatic N) is 2. The third-order valence-corrected chi connectivity index (χ3v) is 3.45. The minimum absolute atomic E-state index is 0.145. The number of hydrogen-bond acceptors (Lipinski definition) is 4. The second kappa shape index (κ2) is 6.14. The Labute approximate surface area is 112 Å². The molecule has 0 aliphatic heterocycles. The number of aryl methyl sites for hydroxylation is 1. The average molecular weight is 263 g/mol. The lowest BCUT2D eigenvalue weighted by atomic mass is 9.99. The summed E-state index contributed by atoms with van der Waals surface area (Å²) in [5.41, 5.74) is 3.01. The van der Waals surface area contributed by atoms with E-state index >= 15 is 0 Å². The Morgan fingerprint density at radius 2 is 2.16 bits per heavy atom. The van der Waals surface area contributed by atoms with Crippen LogP contribution in [0.4, 0.5) is 0 Å². The molecule has 2 rings (SSSR count). The van der Waals surface area contributed by atoms with Gasteiger partial charge in [-0.2, -0.15) is 5.10 Å². The Bertz CT molecular complexity index is 538. The molecule has 1 aromatic carbocycles. The van der Waals surface area contributed by atoms with Crippen LogP contribution in [-0.4, -0.2) is 52.1 Å². The molecular formula is C14H21N3O2. The molecular weight excluding hydrogens is 242 g/mol. The van der Waals surface area contributed by atoms with Gasteiger partial charge in [-0.25, -0.2) is 0 Å². The van der Waals surface area contributed by atoms with Crippen LogP contribution < -0.4 is 0 Å². The molecule has 2 aromatic rings. The fourth-order valence-electron chi connectivity index (χ4n) is 2.26. The molecule has 0 saturated carbocycles. The zero-order chi connectivity index (χ0) is 13.8. The Kier molecular flexibility index (Phi) is 4.52. The molecule has 5 heteroatoms. The van der Waals surface area contributed by atoms with Crippen molar-refractivity contribution in [1.29, 1.82) is 0 Å². The van der Waals surface area contributed by atoms with Crippen LogP contribution in [0.25, 0.3) is 10.9 Å². The second-order valence-corrected chi connectivity index (χ2v) is 5.00. The molecule has 0 bridgehead atoms. The van der Waals surface area contributed by atoms with Crippen molar-refractivity contribution in [3.8, 4) is 0 Å². The van der Waals surface area contributed by atoms with Gasteiger partial charge in [-0.15, -0.1) is 0 Å². The molecule has 1 unspecified atom stereocenters. The van der Waals surface area contributed by atoms with Crippen molar-refractivity contribution >= 4 is 10.9 Å². The summed E-state index contributed by atoms with van der Waals surface area (Å²) in [6, 6.07) is 4.00. The standard InChI is InChI=1S/C14H21N3O2/c1-10-7-13-11(9-15-16-13)8-12(10)14(19)3-4-17(2)5-6-18/h7-9,14,18-19H,3-6H2,1-2H3,(H,15,16). The van der Waals surface area contributed by atoms with Crippen LogP contribution in [0, 0.1) is 6.92 Å². The maximum atomic E-state index is 10.3. The van der Waals surface area contributed by atoms with E-state index in [0.29, 0.717) is 13.0 Å². The van der Waals surface area contributed by atoms with Crippen LogP contribution >= 0.6 is 0 Å². The zero-order valence-corrected chi connectivity index (χ0v) is 11.4. The fraction of sp³-hybridized carbons (Fsp3) is 0.500. The van der Waals surface area contributed by atoms with Gasteiger partial charge in [-0.05, 0) is 43.7 Å². The SMILES string of the molecule is Cc1cc2[nH]ncc2cc1C(O)CCN(C)CCO. The quantitative estimate of drug-likeness (QED) is 0.732. The highest BCUT2D eigenvalue weighted by molar-refractivity contribution is 5.79. The first-order valence-corrected chi connectivity index (χ1v) is 6.53. The summed E-state index contributed by atoms with van der Waals surface area (Å²) in [5.74, 6) is 0. The monoisotopic (exact) mass is 263 g/mol. The van der Waals surface area contributed by atoms with Crippen LogP contribution in [0.3, 0.4) is 0 Å². The van der Waals surface area contributed by atoms with Gasteiger partial charge in [0.05, 0.1) is 24.4 Å². The maximum Gasteiger partial charge on any atom is 0.0805 e. The third kappa shape index (κ3) is 3.32. The molecule has 1 heterocycles. The van der Waals surface area contributed by atoms with Crippen molar-refractivity contribution in [2.75, 3.05) is 26.7 Å².